The Bertz CT molecular complexity index is 2650. The summed E-state index contributed by atoms with van der Waals surface area (Å²) in [6.07, 6.45) is 0. The first-order valence-electron chi connectivity index (χ1n) is 15.5. The van der Waals surface area contributed by atoms with E-state index in [1.54, 1.807) is 0 Å². The summed E-state index contributed by atoms with van der Waals surface area (Å²) < 4.78 is 7.35. The van der Waals surface area contributed by atoms with Crippen molar-refractivity contribution in [2.24, 2.45) is 0 Å². The number of hydrogen-bond acceptors (Lipinski definition) is 0. The largest absolute Gasteiger partial charge is 0.309 e. The third-order valence-electron chi connectivity index (χ3n) is 9.41. The van der Waals surface area contributed by atoms with E-state index in [2.05, 4.69) is 177 Å². The van der Waals surface area contributed by atoms with Crippen LogP contribution in [0.2, 0.25) is 0 Å². The Kier molecular flexibility index (Phi) is 5.00. The lowest BCUT2D eigenvalue weighted by Gasteiger charge is -2.16. The van der Waals surface area contributed by atoms with E-state index in [1.807, 2.05) is 0 Å². The zero-order valence-electron chi connectivity index (χ0n) is 24.4. The Labute approximate surface area is 259 Å². The summed E-state index contributed by atoms with van der Waals surface area (Å²) in [6, 6.07) is 59.5. The van der Waals surface area contributed by atoms with Crippen molar-refractivity contribution in [3.8, 4) is 17.1 Å². The lowest BCUT2D eigenvalue weighted by molar-refractivity contribution is 1.13. The van der Waals surface area contributed by atoms with Gasteiger partial charge < -0.3 is 13.7 Å². The SMILES string of the molecule is c1ccc(-n2c3ccccc3c3c(-n4c5ccccc5c5ccccc54)cc(-n4c5ccccc5c5ccccc54)cc32)cc1. The molecule has 3 heteroatoms. The van der Waals surface area contributed by atoms with Crippen LogP contribution in [-0.4, -0.2) is 13.7 Å². The molecule has 3 heterocycles. The number of hydrogen-bond donors (Lipinski definition) is 0. The Morgan fingerprint density at radius 2 is 0.644 bits per heavy atom. The first-order valence-corrected chi connectivity index (χ1v) is 15.5. The predicted molar refractivity (Wildman–Crippen MR) is 189 cm³/mol. The van der Waals surface area contributed by atoms with E-state index in [4.69, 9.17) is 0 Å². The third-order valence-corrected chi connectivity index (χ3v) is 9.41. The summed E-state index contributed by atoms with van der Waals surface area (Å²) in [7, 11) is 0. The maximum atomic E-state index is 2.48. The molecule has 210 valence electrons. The summed E-state index contributed by atoms with van der Waals surface area (Å²) in [5.41, 5.74) is 10.6. The number of para-hydroxylation sites is 6. The molecule has 0 saturated heterocycles. The van der Waals surface area contributed by atoms with Gasteiger partial charge in [-0.1, -0.05) is 109 Å². The second-order valence-electron chi connectivity index (χ2n) is 11.8. The minimum atomic E-state index is 1.14. The van der Waals surface area contributed by atoms with Crippen LogP contribution < -0.4 is 0 Å². The Morgan fingerprint density at radius 1 is 0.267 bits per heavy atom. The van der Waals surface area contributed by atoms with Gasteiger partial charge in [0.25, 0.3) is 0 Å². The van der Waals surface area contributed by atoms with Crippen LogP contribution >= 0.6 is 0 Å². The Hall–Kier alpha value is -6.06. The molecule has 0 radical (unpaired) electrons. The van der Waals surface area contributed by atoms with Gasteiger partial charge in [-0.05, 0) is 54.6 Å². The van der Waals surface area contributed by atoms with Crippen LogP contribution in [0.15, 0.2) is 164 Å². The molecule has 0 N–H and O–H groups in total. The normalized spacial score (nSPS) is 12.0. The van der Waals surface area contributed by atoms with Crippen LogP contribution in [0.3, 0.4) is 0 Å². The molecule has 0 aliphatic carbocycles. The van der Waals surface area contributed by atoms with Crippen molar-refractivity contribution in [1.29, 1.82) is 0 Å². The van der Waals surface area contributed by atoms with Crippen LogP contribution in [0.4, 0.5) is 0 Å². The lowest BCUT2D eigenvalue weighted by atomic mass is 10.1. The van der Waals surface area contributed by atoms with Crippen molar-refractivity contribution in [3.63, 3.8) is 0 Å². The molecule has 3 nitrogen and oxygen atoms in total. The summed E-state index contributed by atoms with van der Waals surface area (Å²) in [5.74, 6) is 0. The predicted octanol–water partition coefficient (Wildman–Crippen LogP) is 11.0. The van der Waals surface area contributed by atoms with Gasteiger partial charge in [0.05, 0.1) is 44.5 Å². The smallest absolute Gasteiger partial charge is 0.0583 e. The lowest BCUT2D eigenvalue weighted by Crippen LogP contribution is -2.01. The van der Waals surface area contributed by atoms with Gasteiger partial charge in [0.15, 0.2) is 0 Å². The number of benzene rings is 7. The monoisotopic (exact) mass is 573 g/mol. The first kappa shape index (κ1) is 24.4. The molecule has 0 saturated carbocycles. The van der Waals surface area contributed by atoms with Gasteiger partial charge >= 0.3 is 0 Å². The van der Waals surface area contributed by atoms with Gasteiger partial charge in [0.1, 0.15) is 0 Å². The molecule has 0 amide bonds. The van der Waals surface area contributed by atoms with E-state index in [1.165, 1.54) is 71.1 Å². The molecule has 0 atom stereocenters. The summed E-state index contributed by atoms with van der Waals surface area (Å²) in [4.78, 5) is 0. The third kappa shape index (κ3) is 3.35. The van der Waals surface area contributed by atoms with Gasteiger partial charge in [-0.15, -0.1) is 0 Å². The highest BCUT2D eigenvalue weighted by Crippen LogP contribution is 2.42. The van der Waals surface area contributed by atoms with Crippen molar-refractivity contribution in [1.82, 2.24) is 13.7 Å². The second-order valence-corrected chi connectivity index (χ2v) is 11.8. The van der Waals surface area contributed by atoms with Gasteiger partial charge in [0.2, 0.25) is 0 Å². The van der Waals surface area contributed by atoms with Crippen LogP contribution in [0.25, 0.3) is 82.5 Å². The maximum absolute atomic E-state index is 2.48. The standard InChI is InChI=1S/C42H27N3/c1-2-14-28(15-3-1)43-39-25-13-8-20-34(39)42-40(43)26-29(44-35-21-9-4-16-30(35)31-17-5-10-22-36(31)44)27-41(42)45-37-23-11-6-18-32(37)33-19-7-12-24-38(33)45/h1-27H. The molecule has 0 aliphatic rings. The molecule has 0 aliphatic heterocycles. The molecule has 45 heavy (non-hydrogen) atoms. The Balaban J connectivity index is 1.46. The average molecular weight is 574 g/mol. The van der Waals surface area contributed by atoms with Crippen LogP contribution in [-0.2, 0) is 0 Å². The van der Waals surface area contributed by atoms with Crippen LogP contribution in [0.1, 0.15) is 0 Å². The molecule has 10 rings (SSSR count). The molecule has 10 aromatic rings. The number of rotatable bonds is 3. The fourth-order valence-corrected chi connectivity index (χ4v) is 7.60. The van der Waals surface area contributed by atoms with E-state index >= 15 is 0 Å². The van der Waals surface area contributed by atoms with E-state index in [9.17, 15) is 0 Å². The minimum absolute atomic E-state index is 1.14. The van der Waals surface area contributed by atoms with Crippen molar-refractivity contribution in [2.45, 2.75) is 0 Å². The van der Waals surface area contributed by atoms with Gasteiger partial charge in [-0.2, -0.15) is 0 Å². The topological polar surface area (TPSA) is 14.8 Å². The number of aromatic nitrogens is 3. The average Bonchev–Trinajstić information content (AvgIpc) is 3.74. The molecule has 0 unspecified atom stereocenters. The minimum Gasteiger partial charge on any atom is -0.309 e. The van der Waals surface area contributed by atoms with E-state index in [-0.39, 0.29) is 0 Å². The molecular formula is C42H27N3. The zero-order chi connectivity index (χ0) is 29.5. The molecular weight excluding hydrogens is 546 g/mol. The van der Waals surface area contributed by atoms with Crippen molar-refractivity contribution in [3.05, 3.63) is 164 Å². The van der Waals surface area contributed by atoms with E-state index in [0.29, 0.717) is 0 Å². The Morgan fingerprint density at radius 3 is 1.16 bits per heavy atom. The molecule has 3 aromatic heterocycles. The number of fused-ring (bicyclic) bond motifs is 9. The highest BCUT2D eigenvalue weighted by Gasteiger charge is 2.22. The highest BCUT2D eigenvalue weighted by molar-refractivity contribution is 6.17. The second kappa shape index (κ2) is 9.22. The summed E-state index contributed by atoms with van der Waals surface area (Å²) >= 11 is 0. The maximum Gasteiger partial charge on any atom is 0.0583 e. The first-order chi connectivity index (χ1) is 22.4. The molecule has 0 fully saturated rings. The van der Waals surface area contributed by atoms with E-state index < -0.39 is 0 Å². The van der Waals surface area contributed by atoms with Crippen molar-refractivity contribution in [2.75, 3.05) is 0 Å². The number of nitrogens with zero attached hydrogens (tertiary/aromatic N) is 3. The van der Waals surface area contributed by atoms with Crippen LogP contribution in [0.5, 0.6) is 0 Å². The van der Waals surface area contributed by atoms with Crippen molar-refractivity contribution < 1.29 is 0 Å². The quantitative estimate of drug-likeness (QED) is 0.200. The molecule has 0 spiro atoms. The van der Waals surface area contributed by atoms with Crippen LogP contribution in [0, 0.1) is 0 Å². The molecule has 7 aromatic carbocycles. The highest BCUT2D eigenvalue weighted by atomic mass is 15.0. The van der Waals surface area contributed by atoms with Gasteiger partial charge in [-0.3, -0.25) is 0 Å². The zero-order valence-corrected chi connectivity index (χ0v) is 24.4. The van der Waals surface area contributed by atoms with Gasteiger partial charge in [0, 0.05) is 38.0 Å². The summed E-state index contributed by atoms with van der Waals surface area (Å²) in [5, 5.41) is 7.52. The summed E-state index contributed by atoms with van der Waals surface area (Å²) in [6.45, 7) is 0. The van der Waals surface area contributed by atoms with Crippen molar-refractivity contribution >= 4 is 65.4 Å². The fourth-order valence-electron chi connectivity index (χ4n) is 7.60. The fraction of sp³-hybridized carbons (Fsp3) is 0. The molecule has 0 bridgehead atoms. The van der Waals surface area contributed by atoms with E-state index in [0.717, 1.165) is 11.4 Å². The van der Waals surface area contributed by atoms with Gasteiger partial charge in [-0.25, -0.2) is 0 Å².